The second-order valence-electron chi connectivity index (χ2n) is 9.22. The number of benzene rings is 2. The maximum Gasteiger partial charge on any atom is 0.258 e. The fourth-order valence-electron chi connectivity index (χ4n) is 3.93. The molecule has 0 aliphatic carbocycles. The number of amides is 1. The van der Waals surface area contributed by atoms with Gasteiger partial charge in [-0.3, -0.25) is 4.79 Å². The molecule has 3 nitrogen and oxygen atoms in total. The molecule has 0 saturated heterocycles. The third kappa shape index (κ3) is 5.37. The minimum atomic E-state index is -0.389. The number of aryl methyl sites for hydroxylation is 2. The number of carbonyl (C=O) groups is 1. The van der Waals surface area contributed by atoms with Crippen molar-refractivity contribution in [1.29, 1.82) is 0 Å². The molecule has 0 aliphatic rings. The van der Waals surface area contributed by atoms with Crippen LogP contribution < -0.4 is 10.5 Å². The van der Waals surface area contributed by atoms with E-state index in [4.69, 9.17) is 10.5 Å². The lowest BCUT2D eigenvalue weighted by molar-refractivity contribution is 0.100. The van der Waals surface area contributed by atoms with E-state index in [1.54, 1.807) is 6.07 Å². The van der Waals surface area contributed by atoms with Crippen LogP contribution in [0, 0.1) is 13.8 Å². The molecule has 0 radical (unpaired) electrons. The van der Waals surface area contributed by atoms with Crippen LogP contribution in [0.25, 0.3) is 11.1 Å². The molecule has 3 aromatic rings. The molecule has 4 heteroatoms. The van der Waals surface area contributed by atoms with Crippen molar-refractivity contribution in [3.8, 4) is 16.9 Å². The number of rotatable bonds is 7. The molecule has 0 spiro atoms. The van der Waals surface area contributed by atoms with Crippen LogP contribution in [0.2, 0.25) is 0 Å². The Bertz CT molecular complexity index is 1030. The molecule has 0 aliphatic heterocycles. The van der Waals surface area contributed by atoms with Crippen LogP contribution in [-0.2, 0) is 5.41 Å². The van der Waals surface area contributed by atoms with Gasteiger partial charge in [0.2, 0.25) is 0 Å². The molecule has 2 aromatic carbocycles. The lowest BCUT2D eigenvalue weighted by atomic mass is 9.85. The monoisotopic (exact) mass is 435 g/mol. The third-order valence-corrected chi connectivity index (χ3v) is 6.75. The summed E-state index contributed by atoms with van der Waals surface area (Å²) in [6, 6.07) is 16.9. The van der Waals surface area contributed by atoms with Gasteiger partial charge in [0, 0.05) is 4.88 Å². The van der Waals surface area contributed by atoms with Crippen LogP contribution in [0.4, 0.5) is 0 Å². The SMILES string of the molecule is CCCC(Oc1cc(C)c(-c2ccc(C(C)(C)C)cc2)c(C)c1)c1ccc(C(N)=O)s1. The first-order valence-corrected chi connectivity index (χ1v) is 11.7. The van der Waals surface area contributed by atoms with Gasteiger partial charge in [-0.15, -0.1) is 11.3 Å². The number of hydrogen-bond acceptors (Lipinski definition) is 3. The van der Waals surface area contributed by atoms with Gasteiger partial charge in [-0.25, -0.2) is 0 Å². The predicted molar refractivity (Wildman–Crippen MR) is 131 cm³/mol. The molecule has 31 heavy (non-hydrogen) atoms. The minimum Gasteiger partial charge on any atom is -0.485 e. The van der Waals surface area contributed by atoms with E-state index in [2.05, 4.69) is 77.9 Å². The van der Waals surface area contributed by atoms with Gasteiger partial charge in [0.1, 0.15) is 11.9 Å². The average molecular weight is 436 g/mol. The van der Waals surface area contributed by atoms with Gasteiger partial charge in [-0.05, 0) is 77.8 Å². The van der Waals surface area contributed by atoms with E-state index >= 15 is 0 Å². The normalized spacial score (nSPS) is 12.6. The molecule has 0 saturated carbocycles. The molecular weight excluding hydrogens is 402 g/mol. The summed E-state index contributed by atoms with van der Waals surface area (Å²) in [5.41, 5.74) is 11.8. The summed E-state index contributed by atoms with van der Waals surface area (Å²) in [6.45, 7) is 13.1. The number of hydrogen-bond donors (Lipinski definition) is 1. The first-order valence-electron chi connectivity index (χ1n) is 10.9. The Hall–Kier alpha value is -2.59. The summed E-state index contributed by atoms with van der Waals surface area (Å²) in [6.07, 6.45) is 1.79. The lowest BCUT2D eigenvalue weighted by Gasteiger charge is -2.21. The van der Waals surface area contributed by atoms with Crippen LogP contribution >= 0.6 is 11.3 Å². The van der Waals surface area contributed by atoms with E-state index in [1.807, 2.05) is 6.07 Å². The van der Waals surface area contributed by atoms with Gasteiger partial charge in [0.25, 0.3) is 5.91 Å². The van der Waals surface area contributed by atoms with Gasteiger partial charge in [0.15, 0.2) is 0 Å². The maximum atomic E-state index is 11.5. The summed E-state index contributed by atoms with van der Waals surface area (Å²) >= 11 is 1.42. The highest BCUT2D eigenvalue weighted by Crippen LogP contribution is 2.36. The number of thiophene rings is 1. The Labute approximate surface area is 190 Å². The van der Waals surface area contributed by atoms with Crippen LogP contribution in [0.1, 0.15) is 77.9 Å². The van der Waals surface area contributed by atoms with Gasteiger partial charge in [-0.2, -0.15) is 0 Å². The van der Waals surface area contributed by atoms with Crippen molar-refractivity contribution in [2.45, 2.75) is 65.9 Å². The highest BCUT2D eigenvalue weighted by Gasteiger charge is 2.19. The zero-order valence-electron chi connectivity index (χ0n) is 19.4. The van der Waals surface area contributed by atoms with Crippen molar-refractivity contribution in [1.82, 2.24) is 0 Å². The first-order chi connectivity index (χ1) is 14.6. The van der Waals surface area contributed by atoms with Crippen LogP contribution in [-0.4, -0.2) is 5.91 Å². The third-order valence-electron chi connectivity index (χ3n) is 5.56. The van der Waals surface area contributed by atoms with E-state index in [1.165, 1.54) is 39.2 Å². The Morgan fingerprint density at radius 3 is 2.13 bits per heavy atom. The fourth-order valence-corrected chi connectivity index (χ4v) is 4.85. The first kappa shape index (κ1) is 23.1. The quantitative estimate of drug-likeness (QED) is 0.422. The summed E-state index contributed by atoms with van der Waals surface area (Å²) in [5.74, 6) is 0.470. The predicted octanol–water partition coefficient (Wildman–Crippen LogP) is 7.35. The molecule has 1 amide bonds. The molecule has 164 valence electrons. The maximum absolute atomic E-state index is 11.5. The highest BCUT2D eigenvalue weighted by atomic mass is 32.1. The van der Waals surface area contributed by atoms with Crippen LogP contribution in [0.3, 0.4) is 0 Å². The zero-order chi connectivity index (χ0) is 22.8. The van der Waals surface area contributed by atoms with E-state index in [9.17, 15) is 4.79 Å². The second kappa shape index (κ2) is 9.27. The largest absolute Gasteiger partial charge is 0.485 e. The van der Waals surface area contributed by atoms with Crippen molar-refractivity contribution in [3.63, 3.8) is 0 Å². The molecule has 0 fully saturated rings. The topological polar surface area (TPSA) is 52.3 Å². The summed E-state index contributed by atoms with van der Waals surface area (Å²) < 4.78 is 6.41. The van der Waals surface area contributed by atoms with Crippen molar-refractivity contribution >= 4 is 17.2 Å². The fraction of sp³-hybridized carbons (Fsp3) is 0.370. The van der Waals surface area contributed by atoms with E-state index < -0.39 is 0 Å². The van der Waals surface area contributed by atoms with Crippen molar-refractivity contribution < 1.29 is 9.53 Å². The number of primary amides is 1. The second-order valence-corrected chi connectivity index (χ2v) is 10.3. The lowest BCUT2D eigenvalue weighted by Crippen LogP contribution is -2.10. The van der Waals surface area contributed by atoms with Crippen molar-refractivity contribution in [2.24, 2.45) is 5.73 Å². The van der Waals surface area contributed by atoms with Gasteiger partial charge in [0.05, 0.1) is 4.88 Å². The highest BCUT2D eigenvalue weighted by molar-refractivity contribution is 7.14. The van der Waals surface area contributed by atoms with Crippen molar-refractivity contribution in [3.05, 3.63) is 75.0 Å². The molecule has 0 bridgehead atoms. The Morgan fingerprint density at radius 1 is 1.03 bits per heavy atom. The molecule has 1 unspecified atom stereocenters. The summed E-state index contributed by atoms with van der Waals surface area (Å²) in [4.78, 5) is 13.1. The summed E-state index contributed by atoms with van der Waals surface area (Å²) in [7, 11) is 0. The Balaban J connectivity index is 1.88. The molecule has 1 heterocycles. The molecular formula is C27H33NO2S. The zero-order valence-corrected chi connectivity index (χ0v) is 20.2. The average Bonchev–Trinajstić information content (AvgIpc) is 3.17. The molecule has 1 aromatic heterocycles. The Kier molecular flexibility index (Phi) is 6.90. The van der Waals surface area contributed by atoms with Gasteiger partial charge < -0.3 is 10.5 Å². The number of carbonyl (C=O) groups excluding carboxylic acids is 1. The smallest absolute Gasteiger partial charge is 0.258 e. The van der Waals surface area contributed by atoms with Gasteiger partial charge in [-0.1, -0.05) is 58.4 Å². The van der Waals surface area contributed by atoms with E-state index in [0.29, 0.717) is 4.88 Å². The summed E-state index contributed by atoms with van der Waals surface area (Å²) in [5, 5.41) is 0. The number of ether oxygens (including phenoxy) is 1. The molecule has 3 rings (SSSR count). The molecule has 1 atom stereocenters. The van der Waals surface area contributed by atoms with E-state index in [-0.39, 0.29) is 17.4 Å². The minimum absolute atomic E-state index is 0.0844. The Morgan fingerprint density at radius 2 is 1.65 bits per heavy atom. The van der Waals surface area contributed by atoms with Crippen molar-refractivity contribution in [2.75, 3.05) is 0 Å². The van der Waals surface area contributed by atoms with Crippen LogP contribution in [0.15, 0.2) is 48.5 Å². The standard InChI is InChI=1S/C27H33NO2S/c1-7-8-22(23-13-14-24(31-23)26(28)29)30-21-15-17(2)25(18(3)16-21)19-9-11-20(12-10-19)27(4,5)6/h9-16,22H,7-8H2,1-6H3,(H2,28,29). The van der Waals surface area contributed by atoms with E-state index in [0.717, 1.165) is 23.5 Å². The number of nitrogens with two attached hydrogens (primary N) is 1. The van der Waals surface area contributed by atoms with Crippen LogP contribution in [0.5, 0.6) is 5.75 Å². The van der Waals surface area contributed by atoms with Gasteiger partial charge >= 0.3 is 0 Å². The molecule has 2 N–H and O–H groups in total.